The quantitative estimate of drug-likeness (QED) is 0.814. The zero-order valence-corrected chi connectivity index (χ0v) is 13.7. The number of hydrogen-bond acceptors (Lipinski definition) is 5. The predicted octanol–water partition coefficient (Wildman–Crippen LogP) is 0.817. The summed E-state index contributed by atoms with van der Waals surface area (Å²) < 4.78 is 7.05. The summed E-state index contributed by atoms with van der Waals surface area (Å²) in [4.78, 5) is 18.3. The summed E-state index contributed by atoms with van der Waals surface area (Å²) >= 11 is 0. The van der Waals surface area contributed by atoms with Crippen molar-refractivity contribution < 1.29 is 9.53 Å². The lowest BCUT2D eigenvalue weighted by Gasteiger charge is -2.27. The lowest BCUT2D eigenvalue weighted by atomic mass is 10.1. The van der Waals surface area contributed by atoms with E-state index in [1.165, 1.54) is 11.9 Å². The summed E-state index contributed by atoms with van der Waals surface area (Å²) in [5.74, 6) is 0.0201. The minimum absolute atomic E-state index is 0.0201. The summed E-state index contributed by atoms with van der Waals surface area (Å²) in [5, 5.41) is 6.99. The number of ether oxygens (including phenoxy) is 1. The van der Waals surface area contributed by atoms with Gasteiger partial charge in [0, 0.05) is 32.6 Å². The van der Waals surface area contributed by atoms with Crippen LogP contribution in [0.15, 0.2) is 36.9 Å². The van der Waals surface area contributed by atoms with Crippen LogP contribution in [0.4, 0.5) is 0 Å². The number of rotatable bonds is 7. The number of benzene rings is 1. The number of amides is 1. The summed E-state index contributed by atoms with van der Waals surface area (Å²) in [6.07, 6.45) is 3.49. The van der Waals surface area contributed by atoms with Crippen LogP contribution in [0.1, 0.15) is 17.5 Å². The first kappa shape index (κ1) is 16.6. The van der Waals surface area contributed by atoms with Crippen molar-refractivity contribution in [2.75, 3.05) is 26.3 Å². The van der Waals surface area contributed by atoms with Crippen molar-refractivity contribution in [1.29, 1.82) is 0 Å². The van der Waals surface area contributed by atoms with Gasteiger partial charge in [0.2, 0.25) is 5.91 Å². The third-order valence-electron chi connectivity index (χ3n) is 4.13. The number of hydrogen-bond donors (Lipinski definition) is 1. The maximum Gasteiger partial charge on any atom is 0.222 e. The van der Waals surface area contributed by atoms with Crippen LogP contribution in [0.2, 0.25) is 0 Å². The van der Waals surface area contributed by atoms with Gasteiger partial charge in [-0.2, -0.15) is 5.10 Å². The summed E-state index contributed by atoms with van der Waals surface area (Å²) in [6.45, 7) is 5.49. The Morgan fingerprint density at radius 3 is 2.75 bits per heavy atom. The molecule has 7 nitrogen and oxygen atoms in total. The molecule has 1 aliphatic rings. The second kappa shape index (κ2) is 8.56. The topological polar surface area (TPSA) is 72.3 Å². The maximum atomic E-state index is 12.0. The molecule has 0 spiro atoms. The molecule has 0 atom stereocenters. The Morgan fingerprint density at radius 2 is 2.00 bits per heavy atom. The van der Waals surface area contributed by atoms with Crippen LogP contribution in [0, 0.1) is 0 Å². The van der Waals surface area contributed by atoms with Crippen molar-refractivity contribution in [2.45, 2.75) is 26.1 Å². The molecule has 0 aliphatic carbocycles. The molecule has 1 aromatic carbocycles. The van der Waals surface area contributed by atoms with E-state index in [-0.39, 0.29) is 5.91 Å². The fraction of sp³-hybridized carbons (Fsp3) is 0.471. The van der Waals surface area contributed by atoms with Gasteiger partial charge in [0.25, 0.3) is 0 Å². The van der Waals surface area contributed by atoms with E-state index in [9.17, 15) is 4.79 Å². The molecule has 24 heavy (non-hydrogen) atoms. The van der Waals surface area contributed by atoms with Gasteiger partial charge in [0.15, 0.2) is 0 Å². The van der Waals surface area contributed by atoms with Crippen molar-refractivity contribution in [3.05, 3.63) is 48.0 Å². The fourth-order valence-electron chi connectivity index (χ4n) is 2.73. The van der Waals surface area contributed by atoms with Gasteiger partial charge in [-0.1, -0.05) is 24.3 Å². The molecule has 0 radical (unpaired) electrons. The predicted molar refractivity (Wildman–Crippen MR) is 89.0 cm³/mol. The van der Waals surface area contributed by atoms with E-state index in [0.29, 0.717) is 19.5 Å². The van der Waals surface area contributed by atoms with Gasteiger partial charge in [0.05, 0.1) is 19.8 Å². The molecule has 3 rings (SSSR count). The van der Waals surface area contributed by atoms with Crippen LogP contribution in [-0.4, -0.2) is 51.9 Å². The SMILES string of the molecule is O=C(CCn1cncn1)NCc1ccccc1CN1CCOCC1. The zero-order valence-electron chi connectivity index (χ0n) is 13.7. The van der Waals surface area contributed by atoms with Gasteiger partial charge in [0.1, 0.15) is 12.7 Å². The standard InChI is InChI=1S/C17H23N5O2/c23-17(5-6-22-14-18-13-20-22)19-11-15-3-1-2-4-16(15)12-21-7-9-24-10-8-21/h1-4,13-14H,5-12H2,(H,19,23). The third-order valence-corrected chi connectivity index (χ3v) is 4.13. The van der Waals surface area contributed by atoms with Crippen LogP contribution in [0.25, 0.3) is 0 Å². The molecule has 0 bridgehead atoms. The molecule has 1 saturated heterocycles. The minimum atomic E-state index is 0.0201. The second-order valence-corrected chi connectivity index (χ2v) is 5.84. The Hall–Kier alpha value is -2.25. The van der Waals surface area contributed by atoms with E-state index in [2.05, 4.69) is 32.4 Å². The maximum absolute atomic E-state index is 12.0. The molecule has 1 amide bonds. The van der Waals surface area contributed by atoms with Gasteiger partial charge in [-0.15, -0.1) is 0 Å². The summed E-state index contributed by atoms with van der Waals surface area (Å²) in [5.41, 5.74) is 2.43. The molecule has 0 saturated carbocycles. The highest BCUT2D eigenvalue weighted by molar-refractivity contribution is 5.75. The second-order valence-electron chi connectivity index (χ2n) is 5.84. The fourth-order valence-corrected chi connectivity index (χ4v) is 2.73. The first-order valence-electron chi connectivity index (χ1n) is 8.27. The lowest BCUT2D eigenvalue weighted by molar-refractivity contribution is -0.121. The number of nitrogens with one attached hydrogen (secondary N) is 1. The summed E-state index contributed by atoms with van der Waals surface area (Å²) in [7, 11) is 0. The Balaban J connectivity index is 1.49. The summed E-state index contributed by atoms with van der Waals surface area (Å²) in [6, 6.07) is 8.27. The normalized spacial score (nSPS) is 15.3. The molecule has 1 aromatic heterocycles. The molecule has 7 heteroatoms. The highest BCUT2D eigenvalue weighted by Crippen LogP contribution is 2.13. The van der Waals surface area contributed by atoms with E-state index >= 15 is 0 Å². The molecular formula is C17H23N5O2. The van der Waals surface area contributed by atoms with Gasteiger partial charge in [-0.3, -0.25) is 14.4 Å². The molecule has 2 heterocycles. The number of morpholine rings is 1. The highest BCUT2D eigenvalue weighted by Gasteiger charge is 2.13. The smallest absolute Gasteiger partial charge is 0.222 e. The molecule has 128 valence electrons. The molecule has 1 aliphatic heterocycles. The van der Waals surface area contributed by atoms with Crippen LogP contribution in [0.3, 0.4) is 0 Å². The first-order chi connectivity index (χ1) is 11.8. The largest absolute Gasteiger partial charge is 0.379 e. The Bertz CT molecular complexity index is 638. The van der Waals surface area contributed by atoms with E-state index in [1.54, 1.807) is 11.0 Å². The highest BCUT2D eigenvalue weighted by atomic mass is 16.5. The van der Waals surface area contributed by atoms with Crippen LogP contribution in [-0.2, 0) is 29.2 Å². The van der Waals surface area contributed by atoms with Gasteiger partial charge < -0.3 is 10.1 Å². The molecule has 0 unspecified atom stereocenters. The molecule has 2 aromatic rings. The van der Waals surface area contributed by atoms with E-state index in [0.717, 1.165) is 38.4 Å². The van der Waals surface area contributed by atoms with Crippen molar-refractivity contribution in [3.63, 3.8) is 0 Å². The van der Waals surface area contributed by atoms with Crippen LogP contribution in [0.5, 0.6) is 0 Å². The van der Waals surface area contributed by atoms with E-state index in [1.807, 2.05) is 12.1 Å². The number of aryl methyl sites for hydroxylation is 1. The molecule has 1 N–H and O–H groups in total. The average molecular weight is 329 g/mol. The van der Waals surface area contributed by atoms with Crippen molar-refractivity contribution in [1.82, 2.24) is 25.0 Å². The Morgan fingerprint density at radius 1 is 1.21 bits per heavy atom. The van der Waals surface area contributed by atoms with Crippen LogP contribution >= 0.6 is 0 Å². The van der Waals surface area contributed by atoms with Crippen molar-refractivity contribution in [2.24, 2.45) is 0 Å². The number of nitrogens with zero attached hydrogens (tertiary/aromatic N) is 4. The van der Waals surface area contributed by atoms with Gasteiger partial charge in [-0.25, -0.2) is 4.98 Å². The van der Waals surface area contributed by atoms with Crippen molar-refractivity contribution >= 4 is 5.91 Å². The number of carbonyl (C=O) groups excluding carboxylic acids is 1. The minimum Gasteiger partial charge on any atom is -0.379 e. The molecule has 1 fully saturated rings. The number of carbonyl (C=O) groups is 1. The van der Waals surface area contributed by atoms with Gasteiger partial charge >= 0.3 is 0 Å². The van der Waals surface area contributed by atoms with E-state index in [4.69, 9.17) is 4.74 Å². The van der Waals surface area contributed by atoms with Crippen LogP contribution < -0.4 is 5.32 Å². The monoisotopic (exact) mass is 329 g/mol. The first-order valence-corrected chi connectivity index (χ1v) is 8.27. The average Bonchev–Trinajstić information content (AvgIpc) is 3.14. The number of aromatic nitrogens is 3. The van der Waals surface area contributed by atoms with Crippen molar-refractivity contribution in [3.8, 4) is 0 Å². The Kier molecular flexibility index (Phi) is 5.92. The third kappa shape index (κ3) is 4.87. The zero-order chi connectivity index (χ0) is 16.6. The van der Waals surface area contributed by atoms with E-state index < -0.39 is 0 Å². The molecular weight excluding hydrogens is 306 g/mol. The van der Waals surface area contributed by atoms with Gasteiger partial charge in [-0.05, 0) is 11.1 Å². The lowest BCUT2D eigenvalue weighted by Crippen LogP contribution is -2.36. The Labute approximate surface area is 141 Å².